The highest BCUT2D eigenvalue weighted by Gasteiger charge is 2.41. The van der Waals surface area contributed by atoms with Gasteiger partial charge in [-0.15, -0.1) is 0 Å². The molecule has 1 aromatic carbocycles. The van der Waals surface area contributed by atoms with Crippen LogP contribution in [-0.2, 0) is 9.59 Å². The Morgan fingerprint density at radius 3 is 2.48 bits per heavy atom. The van der Waals surface area contributed by atoms with Crippen LogP contribution in [0, 0.1) is 23.5 Å². The smallest absolute Gasteiger partial charge is 0.239 e. The number of carbonyl (C=O) groups is 2. The molecule has 1 aromatic rings. The van der Waals surface area contributed by atoms with Crippen molar-refractivity contribution in [1.82, 2.24) is 4.90 Å². The second-order valence-electron chi connectivity index (χ2n) is 6.13. The van der Waals surface area contributed by atoms with Gasteiger partial charge in [-0.2, -0.15) is 0 Å². The molecule has 5 nitrogen and oxygen atoms in total. The molecule has 2 aliphatic rings. The number of nitrogens with zero attached hydrogens (tertiary/aromatic N) is 2. The lowest BCUT2D eigenvalue weighted by Crippen LogP contribution is -2.39. The number of amides is 2. The van der Waals surface area contributed by atoms with E-state index in [1.165, 1.54) is 4.90 Å². The molecule has 7 heteroatoms. The largest absolute Gasteiger partial charge is 0.342 e. The fourth-order valence-electron chi connectivity index (χ4n) is 3.31. The van der Waals surface area contributed by atoms with Crippen molar-refractivity contribution in [3.63, 3.8) is 0 Å². The molecule has 23 heavy (non-hydrogen) atoms. The van der Waals surface area contributed by atoms with Crippen LogP contribution in [0.4, 0.5) is 14.5 Å². The number of hydrogen-bond acceptors (Lipinski definition) is 3. The monoisotopic (exact) mass is 323 g/mol. The maximum Gasteiger partial charge on any atom is 0.239 e. The first kappa shape index (κ1) is 15.9. The molecule has 0 spiro atoms. The summed E-state index contributed by atoms with van der Waals surface area (Å²) >= 11 is 0. The number of benzene rings is 1. The Balaban J connectivity index is 1.72. The summed E-state index contributed by atoms with van der Waals surface area (Å²) < 4.78 is 26.7. The van der Waals surface area contributed by atoms with Crippen LogP contribution in [-0.4, -0.2) is 42.9 Å². The minimum absolute atomic E-state index is 0.157. The van der Waals surface area contributed by atoms with Crippen LogP contribution in [0.3, 0.4) is 0 Å². The lowest BCUT2D eigenvalue weighted by Gasteiger charge is -2.21. The zero-order valence-electron chi connectivity index (χ0n) is 12.7. The van der Waals surface area contributed by atoms with Crippen LogP contribution in [0.15, 0.2) is 18.2 Å². The molecule has 2 atom stereocenters. The average molecular weight is 323 g/mol. The van der Waals surface area contributed by atoms with Gasteiger partial charge in [0.2, 0.25) is 11.8 Å². The Bertz CT molecular complexity index is 618. The standard InChI is InChI=1S/C16H19F2N3O2/c17-11-5-12(18)7-13(6-11)21-4-2-14(16(21)23)15(22)20-3-1-10(8-19)9-20/h5-7,10,14H,1-4,8-9,19H2. The van der Waals surface area contributed by atoms with Crippen LogP contribution in [0.25, 0.3) is 0 Å². The van der Waals surface area contributed by atoms with Gasteiger partial charge in [-0.25, -0.2) is 8.78 Å². The van der Waals surface area contributed by atoms with E-state index >= 15 is 0 Å². The lowest BCUT2D eigenvalue weighted by molar-refractivity contribution is -0.139. The number of rotatable bonds is 3. The molecular weight excluding hydrogens is 304 g/mol. The topological polar surface area (TPSA) is 66.6 Å². The first-order valence-corrected chi connectivity index (χ1v) is 7.76. The molecule has 2 fully saturated rings. The van der Waals surface area contributed by atoms with Crippen molar-refractivity contribution in [2.24, 2.45) is 17.6 Å². The highest BCUT2D eigenvalue weighted by molar-refractivity contribution is 6.09. The van der Waals surface area contributed by atoms with Crippen molar-refractivity contribution in [1.29, 1.82) is 0 Å². The van der Waals surface area contributed by atoms with Crippen molar-refractivity contribution < 1.29 is 18.4 Å². The van der Waals surface area contributed by atoms with E-state index in [4.69, 9.17) is 5.73 Å². The summed E-state index contributed by atoms with van der Waals surface area (Å²) in [5.74, 6) is -2.57. The van der Waals surface area contributed by atoms with Crippen molar-refractivity contribution in [3.8, 4) is 0 Å². The third-order valence-corrected chi connectivity index (χ3v) is 4.59. The van der Waals surface area contributed by atoms with E-state index in [1.807, 2.05) is 0 Å². The number of hydrogen-bond donors (Lipinski definition) is 1. The number of likely N-dealkylation sites (tertiary alicyclic amines) is 1. The number of anilines is 1. The average Bonchev–Trinajstić information content (AvgIpc) is 3.12. The highest BCUT2D eigenvalue weighted by Crippen LogP contribution is 2.29. The zero-order valence-corrected chi connectivity index (χ0v) is 12.7. The van der Waals surface area contributed by atoms with Crippen LogP contribution in [0.5, 0.6) is 0 Å². The van der Waals surface area contributed by atoms with Crippen LogP contribution in [0.2, 0.25) is 0 Å². The summed E-state index contributed by atoms with van der Waals surface area (Å²) in [5, 5.41) is 0. The SMILES string of the molecule is NCC1CCN(C(=O)C2CCN(c3cc(F)cc(F)c3)C2=O)C1. The van der Waals surface area contributed by atoms with Gasteiger partial charge in [0, 0.05) is 31.4 Å². The van der Waals surface area contributed by atoms with E-state index in [0.29, 0.717) is 26.1 Å². The van der Waals surface area contributed by atoms with Crippen molar-refractivity contribution in [2.45, 2.75) is 12.8 Å². The number of nitrogens with two attached hydrogens (primary N) is 1. The molecule has 0 saturated carbocycles. The van der Waals surface area contributed by atoms with Crippen molar-refractivity contribution in [2.75, 3.05) is 31.1 Å². The first-order chi connectivity index (χ1) is 11.0. The zero-order chi connectivity index (χ0) is 16.6. The third kappa shape index (κ3) is 3.06. The Hall–Kier alpha value is -2.02. The van der Waals surface area contributed by atoms with Gasteiger partial charge in [-0.05, 0) is 37.4 Å². The van der Waals surface area contributed by atoms with Gasteiger partial charge in [0.05, 0.1) is 0 Å². The van der Waals surface area contributed by atoms with Gasteiger partial charge in [0.1, 0.15) is 17.6 Å². The maximum absolute atomic E-state index is 13.3. The quantitative estimate of drug-likeness (QED) is 0.848. The number of carbonyl (C=O) groups excluding carboxylic acids is 2. The molecule has 2 N–H and O–H groups in total. The molecule has 2 aliphatic heterocycles. The highest BCUT2D eigenvalue weighted by atomic mass is 19.1. The van der Waals surface area contributed by atoms with E-state index in [2.05, 4.69) is 0 Å². The van der Waals surface area contributed by atoms with Crippen LogP contribution < -0.4 is 10.6 Å². The Labute approximate surface area is 133 Å². The molecule has 0 aliphatic carbocycles. The van der Waals surface area contributed by atoms with E-state index in [0.717, 1.165) is 24.6 Å². The molecule has 124 valence electrons. The molecule has 3 rings (SSSR count). The summed E-state index contributed by atoms with van der Waals surface area (Å²) in [5.41, 5.74) is 5.78. The van der Waals surface area contributed by atoms with Crippen LogP contribution in [0.1, 0.15) is 12.8 Å². The Morgan fingerprint density at radius 2 is 1.87 bits per heavy atom. The van der Waals surface area contributed by atoms with Crippen molar-refractivity contribution >= 4 is 17.5 Å². The molecule has 2 saturated heterocycles. The van der Waals surface area contributed by atoms with Gasteiger partial charge in [0.15, 0.2) is 0 Å². The molecule has 2 amide bonds. The summed E-state index contributed by atoms with van der Waals surface area (Å²) in [6.45, 7) is 2.00. The predicted octanol–water partition coefficient (Wildman–Crippen LogP) is 1.12. The Morgan fingerprint density at radius 1 is 1.17 bits per heavy atom. The van der Waals surface area contributed by atoms with Gasteiger partial charge in [0.25, 0.3) is 0 Å². The molecular formula is C16H19F2N3O2. The number of halogens is 2. The van der Waals surface area contributed by atoms with E-state index in [-0.39, 0.29) is 24.1 Å². The van der Waals surface area contributed by atoms with E-state index in [1.54, 1.807) is 4.90 Å². The Kier molecular flexibility index (Phi) is 4.30. The lowest BCUT2D eigenvalue weighted by atomic mass is 10.1. The first-order valence-electron chi connectivity index (χ1n) is 7.76. The van der Waals surface area contributed by atoms with Gasteiger partial charge >= 0.3 is 0 Å². The second-order valence-corrected chi connectivity index (χ2v) is 6.13. The molecule has 0 radical (unpaired) electrons. The molecule has 0 aromatic heterocycles. The van der Waals surface area contributed by atoms with E-state index in [9.17, 15) is 18.4 Å². The van der Waals surface area contributed by atoms with Crippen molar-refractivity contribution in [3.05, 3.63) is 29.8 Å². The second kappa shape index (κ2) is 6.23. The summed E-state index contributed by atoms with van der Waals surface area (Å²) in [4.78, 5) is 28.0. The fourth-order valence-corrected chi connectivity index (χ4v) is 3.31. The third-order valence-electron chi connectivity index (χ3n) is 4.59. The van der Waals surface area contributed by atoms with E-state index < -0.39 is 23.5 Å². The fraction of sp³-hybridized carbons (Fsp3) is 0.500. The minimum Gasteiger partial charge on any atom is -0.342 e. The summed E-state index contributed by atoms with van der Waals surface area (Å²) in [7, 11) is 0. The van der Waals surface area contributed by atoms with Gasteiger partial charge < -0.3 is 15.5 Å². The summed E-state index contributed by atoms with van der Waals surface area (Å²) in [6.07, 6.45) is 1.21. The minimum atomic E-state index is -0.766. The summed E-state index contributed by atoms with van der Waals surface area (Å²) in [6, 6.07) is 2.96. The predicted molar refractivity (Wildman–Crippen MR) is 80.6 cm³/mol. The van der Waals surface area contributed by atoms with Gasteiger partial charge in [-0.1, -0.05) is 0 Å². The molecule has 0 bridgehead atoms. The molecule has 2 unspecified atom stereocenters. The maximum atomic E-state index is 13.3. The van der Waals surface area contributed by atoms with Crippen LogP contribution >= 0.6 is 0 Å². The molecule has 2 heterocycles. The normalized spacial score (nSPS) is 24.6. The van der Waals surface area contributed by atoms with Gasteiger partial charge in [-0.3, -0.25) is 9.59 Å².